The number of aryl methyl sites for hydroxylation is 1. The Kier molecular flexibility index (Phi) is 4.99. The second-order valence-corrected chi connectivity index (χ2v) is 3.91. The first-order chi connectivity index (χ1) is 8.15. The Labute approximate surface area is 106 Å². The first-order valence-corrected chi connectivity index (χ1v) is 5.87. The average Bonchev–Trinajstić information content (AvgIpc) is 2.37. The van der Waals surface area contributed by atoms with Crippen LogP contribution in [0.5, 0.6) is 0 Å². The van der Waals surface area contributed by atoms with E-state index < -0.39 is 0 Å². The largest absolute Gasteiger partial charge is 0.469 e. The van der Waals surface area contributed by atoms with E-state index >= 15 is 0 Å². The summed E-state index contributed by atoms with van der Waals surface area (Å²) >= 11 is 5.81. The number of esters is 1. The Morgan fingerprint density at radius 1 is 1.47 bits per heavy atom. The minimum Gasteiger partial charge on any atom is -0.469 e. The number of hydrogen-bond acceptors (Lipinski definition) is 3. The van der Waals surface area contributed by atoms with Crippen molar-refractivity contribution in [2.45, 2.75) is 25.6 Å². The van der Waals surface area contributed by atoms with E-state index in [1.54, 1.807) is 6.07 Å². The maximum absolute atomic E-state index is 11.2. The van der Waals surface area contributed by atoms with Crippen LogP contribution in [-0.2, 0) is 28.3 Å². The third kappa shape index (κ3) is 3.21. The van der Waals surface area contributed by atoms with E-state index in [0.717, 1.165) is 23.1 Å². The zero-order chi connectivity index (χ0) is 12.8. The Morgan fingerprint density at radius 3 is 2.59 bits per heavy atom. The Morgan fingerprint density at radius 2 is 2.12 bits per heavy atom. The first-order valence-electron chi connectivity index (χ1n) is 5.33. The van der Waals surface area contributed by atoms with Gasteiger partial charge in [-0.05, 0) is 23.1 Å². The topological polar surface area (TPSA) is 50.1 Å². The molecule has 1 aromatic rings. The molecule has 0 saturated heterocycles. The summed E-state index contributed by atoms with van der Waals surface area (Å²) in [5, 5.41) is 9.08. The fraction of sp³-hybridized carbons (Fsp3) is 0.385. The van der Waals surface area contributed by atoms with E-state index in [9.17, 15) is 4.79 Å². The van der Waals surface area contributed by atoms with Crippen LogP contribution in [0.15, 0.2) is 12.1 Å². The highest BCUT2D eigenvalue weighted by Crippen LogP contribution is 2.20. The van der Waals surface area contributed by atoms with Crippen molar-refractivity contribution in [2.75, 3.05) is 7.11 Å². The second-order valence-electron chi connectivity index (χ2n) is 3.64. The highest BCUT2D eigenvalue weighted by atomic mass is 35.5. The minimum absolute atomic E-state index is 0.207. The standard InChI is InChI=1S/C13H14ClNO2/c1-3-10-4-9(6-13(16)17-2)5-11(7-14)12(10)8-15/h4-5H,3,6-7H2,1-2H3. The lowest BCUT2D eigenvalue weighted by atomic mass is 9.96. The van der Waals surface area contributed by atoms with Crippen molar-refractivity contribution in [3.8, 4) is 6.07 Å². The number of carbonyl (C=O) groups excluding carboxylic acids is 1. The maximum Gasteiger partial charge on any atom is 0.309 e. The lowest BCUT2D eigenvalue weighted by molar-refractivity contribution is -0.139. The van der Waals surface area contributed by atoms with Gasteiger partial charge in [0.2, 0.25) is 0 Å². The number of carbonyl (C=O) groups is 1. The van der Waals surface area contributed by atoms with Crippen LogP contribution in [-0.4, -0.2) is 13.1 Å². The fourth-order valence-corrected chi connectivity index (χ4v) is 1.92. The van der Waals surface area contributed by atoms with Gasteiger partial charge in [0.15, 0.2) is 0 Å². The molecule has 0 atom stereocenters. The van der Waals surface area contributed by atoms with E-state index in [0.29, 0.717) is 5.56 Å². The van der Waals surface area contributed by atoms with Gasteiger partial charge < -0.3 is 4.74 Å². The van der Waals surface area contributed by atoms with E-state index in [1.165, 1.54) is 7.11 Å². The van der Waals surface area contributed by atoms with E-state index in [-0.39, 0.29) is 18.3 Å². The normalized spacial score (nSPS) is 9.76. The van der Waals surface area contributed by atoms with Crippen molar-refractivity contribution in [2.24, 2.45) is 0 Å². The van der Waals surface area contributed by atoms with Crippen LogP contribution in [0.4, 0.5) is 0 Å². The molecular formula is C13H14ClNO2. The van der Waals surface area contributed by atoms with Gasteiger partial charge in [-0.15, -0.1) is 11.6 Å². The van der Waals surface area contributed by atoms with Crippen LogP contribution in [0.1, 0.15) is 29.2 Å². The lowest BCUT2D eigenvalue weighted by Crippen LogP contribution is -2.06. The number of hydrogen-bond donors (Lipinski definition) is 0. The molecule has 0 aromatic heterocycles. The highest BCUT2D eigenvalue weighted by Gasteiger charge is 2.11. The summed E-state index contributed by atoms with van der Waals surface area (Å²) in [6, 6.07) is 5.82. The number of alkyl halides is 1. The lowest BCUT2D eigenvalue weighted by Gasteiger charge is -2.09. The highest BCUT2D eigenvalue weighted by molar-refractivity contribution is 6.17. The monoisotopic (exact) mass is 251 g/mol. The van der Waals surface area contributed by atoms with E-state index in [1.807, 2.05) is 13.0 Å². The molecular weight excluding hydrogens is 238 g/mol. The summed E-state index contributed by atoms with van der Waals surface area (Å²) in [7, 11) is 1.36. The molecule has 4 heteroatoms. The Balaban J connectivity index is 3.19. The molecule has 1 aromatic carbocycles. The van der Waals surface area contributed by atoms with E-state index in [2.05, 4.69) is 10.8 Å². The molecule has 90 valence electrons. The van der Waals surface area contributed by atoms with Crippen LogP contribution in [0.3, 0.4) is 0 Å². The summed E-state index contributed by atoms with van der Waals surface area (Å²) < 4.78 is 4.62. The van der Waals surface area contributed by atoms with E-state index in [4.69, 9.17) is 16.9 Å². The van der Waals surface area contributed by atoms with Gasteiger partial charge in [0.25, 0.3) is 0 Å². The number of nitrogens with zero attached hydrogens (tertiary/aromatic N) is 1. The van der Waals surface area contributed by atoms with Crippen molar-refractivity contribution in [1.29, 1.82) is 5.26 Å². The average molecular weight is 252 g/mol. The van der Waals surface area contributed by atoms with Crippen LogP contribution < -0.4 is 0 Å². The van der Waals surface area contributed by atoms with Gasteiger partial charge in [0, 0.05) is 5.88 Å². The van der Waals surface area contributed by atoms with Crippen LogP contribution in [0.25, 0.3) is 0 Å². The molecule has 0 amide bonds. The molecule has 0 saturated carbocycles. The molecule has 17 heavy (non-hydrogen) atoms. The third-order valence-corrected chi connectivity index (χ3v) is 2.86. The predicted molar refractivity (Wildman–Crippen MR) is 65.8 cm³/mol. The number of methoxy groups -OCH3 is 1. The molecule has 0 fully saturated rings. The molecule has 0 spiro atoms. The smallest absolute Gasteiger partial charge is 0.309 e. The van der Waals surface area contributed by atoms with Gasteiger partial charge in [-0.2, -0.15) is 5.26 Å². The number of benzene rings is 1. The summed E-state index contributed by atoms with van der Waals surface area (Å²) in [5.74, 6) is -0.0254. The van der Waals surface area contributed by atoms with Crippen LogP contribution in [0, 0.1) is 11.3 Å². The van der Waals surface area contributed by atoms with Gasteiger partial charge in [-0.3, -0.25) is 4.79 Å². The second kappa shape index (κ2) is 6.27. The van der Waals surface area contributed by atoms with Crippen molar-refractivity contribution in [3.05, 3.63) is 34.4 Å². The predicted octanol–water partition coefficient (Wildman–Crippen LogP) is 2.57. The van der Waals surface area contributed by atoms with Crippen LogP contribution >= 0.6 is 11.6 Å². The van der Waals surface area contributed by atoms with Crippen molar-refractivity contribution in [3.63, 3.8) is 0 Å². The quantitative estimate of drug-likeness (QED) is 0.610. The molecule has 0 radical (unpaired) electrons. The Hall–Kier alpha value is -1.53. The molecule has 0 aliphatic carbocycles. The molecule has 0 aliphatic rings. The summed E-state index contributed by atoms with van der Waals surface area (Å²) in [4.78, 5) is 11.2. The molecule has 3 nitrogen and oxygen atoms in total. The molecule has 0 bridgehead atoms. The fourth-order valence-electron chi connectivity index (χ4n) is 1.71. The number of halogens is 1. The molecule has 0 unspecified atom stereocenters. The Bertz CT molecular complexity index is 438. The maximum atomic E-state index is 11.2. The van der Waals surface area contributed by atoms with Gasteiger partial charge >= 0.3 is 5.97 Å². The first kappa shape index (κ1) is 13.5. The number of nitriles is 1. The SMILES string of the molecule is CCc1cc(CC(=O)OC)cc(CCl)c1C#N. The van der Waals surface area contributed by atoms with Gasteiger partial charge in [0.1, 0.15) is 0 Å². The van der Waals surface area contributed by atoms with Crippen molar-refractivity contribution >= 4 is 17.6 Å². The van der Waals surface area contributed by atoms with Crippen molar-refractivity contribution < 1.29 is 9.53 Å². The summed E-state index contributed by atoms with van der Waals surface area (Å²) in [6.07, 6.45) is 0.945. The molecule has 0 heterocycles. The van der Waals surface area contributed by atoms with Crippen LogP contribution in [0.2, 0.25) is 0 Å². The van der Waals surface area contributed by atoms with Gasteiger partial charge in [0.05, 0.1) is 25.2 Å². The molecule has 0 N–H and O–H groups in total. The van der Waals surface area contributed by atoms with Crippen molar-refractivity contribution in [1.82, 2.24) is 0 Å². The zero-order valence-electron chi connectivity index (χ0n) is 9.92. The minimum atomic E-state index is -0.294. The summed E-state index contributed by atoms with van der Waals surface area (Å²) in [5.41, 5.74) is 3.15. The number of ether oxygens (including phenoxy) is 1. The molecule has 0 aliphatic heterocycles. The van der Waals surface area contributed by atoms with Gasteiger partial charge in [-0.25, -0.2) is 0 Å². The molecule has 1 rings (SSSR count). The zero-order valence-corrected chi connectivity index (χ0v) is 10.7. The third-order valence-electron chi connectivity index (χ3n) is 2.57. The summed E-state index contributed by atoms with van der Waals surface area (Å²) in [6.45, 7) is 1.97. The van der Waals surface area contributed by atoms with Gasteiger partial charge in [-0.1, -0.05) is 19.1 Å². The number of rotatable bonds is 4.